The van der Waals surface area contributed by atoms with Gasteiger partial charge in [-0.2, -0.15) is 0 Å². The zero-order chi connectivity index (χ0) is 23.0. The third-order valence-corrected chi connectivity index (χ3v) is 5.84. The maximum absolute atomic E-state index is 12.9. The molecule has 0 aliphatic heterocycles. The van der Waals surface area contributed by atoms with Crippen molar-refractivity contribution in [2.24, 2.45) is 0 Å². The number of nitrogens with one attached hydrogen (secondary N) is 3. The highest BCUT2D eigenvalue weighted by molar-refractivity contribution is 7.92. The minimum atomic E-state index is -3.76. The molecule has 0 atom stereocenters. The molecule has 0 saturated carbocycles. The van der Waals surface area contributed by atoms with Crippen LogP contribution in [0.5, 0.6) is 0 Å². The first-order valence-corrected chi connectivity index (χ1v) is 11.3. The summed E-state index contributed by atoms with van der Waals surface area (Å²) in [5.41, 5.74) is 1.22. The lowest BCUT2D eigenvalue weighted by atomic mass is 10.1. The number of sulfonamides is 1. The zero-order valence-corrected chi connectivity index (χ0v) is 17.9. The van der Waals surface area contributed by atoms with E-state index in [0.29, 0.717) is 5.56 Å². The lowest BCUT2D eigenvalue weighted by molar-refractivity contribution is -0.120. The van der Waals surface area contributed by atoms with Crippen molar-refractivity contribution in [1.82, 2.24) is 10.6 Å². The van der Waals surface area contributed by atoms with E-state index in [1.165, 1.54) is 42.5 Å². The van der Waals surface area contributed by atoms with Crippen LogP contribution >= 0.6 is 0 Å². The molecule has 32 heavy (non-hydrogen) atoms. The van der Waals surface area contributed by atoms with E-state index in [1.807, 2.05) is 0 Å². The van der Waals surface area contributed by atoms with Gasteiger partial charge >= 0.3 is 0 Å². The molecular weight excluding hydrogens is 433 g/mol. The van der Waals surface area contributed by atoms with Crippen molar-refractivity contribution in [3.8, 4) is 0 Å². The van der Waals surface area contributed by atoms with Gasteiger partial charge < -0.3 is 10.6 Å². The Kier molecular flexibility index (Phi) is 7.56. The van der Waals surface area contributed by atoms with Crippen LogP contribution in [0, 0.1) is 5.82 Å². The molecule has 0 fully saturated rings. The fourth-order valence-electron chi connectivity index (χ4n) is 2.87. The van der Waals surface area contributed by atoms with Crippen molar-refractivity contribution in [2.75, 3.05) is 17.8 Å². The van der Waals surface area contributed by atoms with Gasteiger partial charge in [0.15, 0.2) is 0 Å². The summed E-state index contributed by atoms with van der Waals surface area (Å²) < 4.78 is 40.2. The van der Waals surface area contributed by atoms with Crippen molar-refractivity contribution in [1.29, 1.82) is 0 Å². The molecule has 0 unspecified atom stereocenters. The molecule has 0 aliphatic rings. The number of carbonyl (C=O) groups is 2. The van der Waals surface area contributed by atoms with Crippen molar-refractivity contribution >= 4 is 27.5 Å². The molecule has 166 valence electrons. The number of amides is 2. The van der Waals surface area contributed by atoms with E-state index in [2.05, 4.69) is 15.4 Å². The van der Waals surface area contributed by atoms with Crippen LogP contribution in [0.15, 0.2) is 83.8 Å². The maximum Gasteiger partial charge on any atom is 0.261 e. The van der Waals surface area contributed by atoms with Gasteiger partial charge in [-0.1, -0.05) is 36.4 Å². The second-order valence-corrected chi connectivity index (χ2v) is 8.59. The molecule has 3 aromatic rings. The predicted octanol–water partition coefficient (Wildman–Crippen LogP) is 2.72. The molecule has 2 amide bonds. The first-order valence-electron chi connectivity index (χ1n) is 9.81. The molecule has 0 radical (unpaired) electrons. The Labute approximate surface area is 185 Å². The molecule has 3 aromatic carbocycles. The van der Waals surface area contributed by atoms with Gasteiger partial charge in [-0.25, -0.2) is 12.8 Å². The lowest BCUT2D eigenvalue weighted by Crippen LogP contribution is -2.35. The summed E-state index contributed by atoms with van der Waals surface area (Å²) in [6.45, 7) is 0.403. The third kappa shape index (κ3) is 6.64. The van der Waals surface area contributed by atoms with E-state index in [-0.39, 0.29) is 47.4 Å². The number of anilines is 1. The average Bonchev–Trinajstić information content (AvgIpc) is 2.78. The highest BCUT2D eigenvalue weighted by Gasteiger charge is 2.14. The summed E-state index contributed by atoms with van der Waals surface area (Å²) >= 11 is 0. The van der Waals surface area contributed by atoms with Crippen LogP contribution in [0.2, 0.25) is 0 Å². The van der Waals surface area contributed by atoms with Crippen LogP contribution in [0.3, 0.4) is 0 Å². The minimum Gasteiger partial charge on any atom is -0.354 e. The highest BCUT2D eigenvalue weighted by atomic mass is 32.2. The van der Waals surface area contributed by atoms with Gasteiger partial charge in [0.25, 0.3) is 15.9 Å². The van der Waals surface area contributed by atoms with Crippen molar-refractivity contribution in [3.63, 3.8) is 0 Å². The SMILES string of the molecule is O=C(Cc1ccc(F)cc1)NCCNC(=O)c1cccc(NS(=O)(=O)c2ccccc2)c1. The van der Waals surface area contributed by atoms with Gasteiger partial charge in [0, 0.05) is 24.3 Å². The van der Waals surface area contributed by atoms with E-state index < -0.39 is 15.9 Å². The van der Waals surface area contributed by atoms with Crippen LogP contribution in [-0.2, 0) is 21.2 Å². The Hall–Kier alpha value is -3.72. The standard InChI is InChI=1S/C23H22FN3O4S/c24-19-11-9-17(10-12-19)15-22(28)25-13-14-26-23(29)18-5-4-6-20(16-18)27-32(30,31)21-7-2-1-3-8-21/h1-12,16,27H,13-15H2,(H,25,28)(H,26,29). The molecule has 7 nitrogen and oxygen atoms in total. The monoisotopic (exact) mass is 455 g/mol. The summed E-state index contributed by atoms with van der Waals surface area (Å²) in [4.78, 5) is 24.4. The smallest absolute Gasteiger partial charge is 0.261 e. The van der Waals surface area contributed by atoms with E-state index >= 15 is 0 Å². The molecule has 0 heterocycles. The van der Waals surface area contributed by atoms with Crippen LogP contribution in [0.1, 0.15) is 15.9 Å². The maximum atomic E-state index is 12.9. The summed E-state index contributed by atoms with van der Waals surface area (Å²) in [7, 11) is -3.76. The topological polar surface area (TPSA) is 104 Å². The summed E-state index contributed by atoms with van der Waals surface area (Å²) in [6, 6.07) is 19.7. The molecule has 3 N–H and O–H groups in total. The Bertz CT molecular complexity index is 1180. The van der Waals surface area contributed by atoms with Gasteiger partial charge in [0.2, 0.25) is 5.91 Å². The molecule has 0 spiro atoms. The summed E-state index contributed by atoms with van der Waals surface area (Å²) in [5, 5.41) is 5.34. The molecule has 9 heteroatoms. The fraction of sp³-hybridized carbons (Fsp3) is 0.130. The largest absolute Gasteiger partial charge is 0.354 e. The summed E-state index contributed by atoms with van der Waals surface area (Å²) in [6.07, 6.45) is 0.109. The van der Waals surface area contributed by atoms with Crippen molar-refractivity contribution in [2.45, 2.75) is 11.3 Å². The average molecular weight is 456 g/mol. The van der Waals surface area contributed by atoms with Crippen LogP contribution in [0.4, 0.5) is 10.1 Å². The third-order valence-electron chi connectivity index (χ3n) is 4.44. The quantitative estimate of drug-likeness (QED) is 0.432. The van der Waals surface area contributed by atoms with Crippen molar-refractivity contribution in [3.05, 3.63) is 95.8 Å². The molecule has 0 aromatic heterocycles. The van der Waals surface area contributed by atoms with Crippen LogP contribution in [-0.4, -0.2) is 33.3 Å². The van der Waals surface area contributed by atoms with Crippen LogP contribution in [0.25, 0.3) is 0 Å². The predicted molar refractivity (Wildman–Crippen MR) is 119 cm³/mol. The van der Waals surface area contributed by atoms with E-state index in [0.717, 1.165) is 0 Å². The minimum absolute atomic E-state index is 0.109. The Morgan fingerprint density at radius 3 is 2.22 bits per heavy atom. The second kappa shape index (κ2) is 10.5. The number of rotatable bonds is 9. The second-order valence-electron chi connectivity index (χ2n) is 6.91. The van der Waals surface area contributed by atoms with E-state index in [4.69, 9.17) is 0 Å². The van der Waals surface area contributed by atoms with Gasteiger partial charge in [0.05, 0.1) is 11.3 Å². The molecular formula is C23H22FN3O4S. The molecule has 0 aliphatic carbocycles. The highest BCUT2D eigenvalue weighted by Crippen LogP contribution is 2.17. The van der Waals surface area contributed by atoms with Crippen molar-refractivity contribution < 1.29 is 22.4 Å². The van der Waals surface area contributed by atoms with Gasteiger partial charge in [0.1, 0.15) is 5.82 Å². The lowest BCUT2D eigenvalue weighted by Gasteiger charge is -2.10. The fourth-order valence-corrected chi connectivity index (χ4v) is 3.94. The molecule has 0 saturated heterocycles. The normalized spacial score (nSPS) is 10.9. The van der Waals surface area contributed by atoms with E-state index in [9.17, 15) is 22.4 Å². The number of halogens is 1. The van der Waals surface area contributed by atoms with E-state index in [1.54, 1.807) is 36.4 Å². The first kappa shape index (κ1) is 23.0. The zero-order valence-electron chi connectivity index (χ0n) is 17.0. The number of benzene rings is 3. The summed E-state index contributed by atoms with van der Waals surface area (Å²) in [5.74, 6) is -1.02. The number of hydrogen-bond acceptors (Lipinski definition) is 4. The van der Waals surface area contributed by atoms with Gasteiger partial charge in [-0.05, 0) is 48.0 Å². The Morgan fingerprint density at radius 1 is 0.812 bits per heavy atom. The molecule has 0 bridgehead atoms. The Morgan fingerprint density at radius 2 is 1.50 bits per heavy atom. The first-order chi connectivity index (χ1) is 15.3. The molecule has 3 rings (SSSR count). The van der Waals surface area contributed by atoms with Gasteiger partial charge in [-0.3, -0.25) is 14.3 Å². The van der Waals surface area contributed by atoms with Crippen LogP contribution < -0.4 is 15.4 Å². The Balaban J connectivity index is 1.48. The number of carbonyl (C=O) groups excluding carboxylic acids is 2. The number of hydrogen-bond donors (Lipinski definition) is 3. The van der Waals surface area contributed by atoms with Gasteiger partial charge in [-0.15, -0.1) is 0 Å².